The SMILES string of the molecule is COc1ccc(Nc2nnc(SCc3nc4cc(C(F)(F)F)ccc4c(=O)[nH]3)s2)cc1. The zero-order valence-corrected chi connectivity index (χ0v) is 17.5. The van der Waals surface area contributed by atoms with Gasteiger partial charge in [-0.15, -0.1) is 10.2 Å². The van der Waals surface area contributed by atoms with Crippen molar-refractivity contribution in [1.29, 1.82) is 0 Å². The van der Waals surface area contributed by atoms with Gasteiger partial charge in [-0.1, -0.05) is 23.1 Å². The fourth-order valence-electron chi connectivity index (χ4n) is 2.68. The minimum atomic E-state index is -4.51. The lowest BCUT2D eigenvalue weighted by Gasteiger charge is -2.07. The Hall–Kier alpha value is -3.12. The van der Waals surface area contributed by atoms with Crippen molar-refractivity contribution in [2.75, 3.05) is 12.4 Å². The van der Waals surface area contributed by atoms with E-state index in [1.54, 1.807) is 7.11 Å². The maximum Gasteiger partial charge on any atom is 0.416 e. The van der Waals surface area contributed by atoms with Gasteiger partial charge in [0.1, 0.15) is 11.6 Å². The van der Waals surface area contributed by atoms with E-state index in [1.165, 1.54) is 23.1 Å². The molecule has 0 unspecified atom stereocenters. The molecule has 160 valence electrons. The topological polar surface area (TPSA) is 92.8 Å². The zero-order chi connectivity index (χ0) is 22.0. The Morgan fingerprint density at radius 3 is 2.65 bits per heavy atom. The van der Waals surface area contributed by atoms with E-state index in [4.69, 9.17) is 4.74 Å². The van der Waals surface area contributed by atoms with Gasteiger partial charge < -0.3 is 15.0 Å². The first-order chi connectivity index (χ1) is 14.8. The second-order valence-corrected chi connectivity index (χ2v) is 8.46. The molecule has 0 saturated carbocycles. The first-order valence-electron chi connectivity index (χ1n) is 8.79. The number of methoxy groups -OCH3 is 1. The molecule has 0 spiro atoms. The molecule has 2 aromatic carbocycles. The quantitative estimate of drug-likeness (QED) is 0.394. The van der Waals surface area contributed by atoms with Crippen LogP contribution in [0.2, 0.25) is 0 Å². The van der Waals surface area contributed by atoms with Crippen molar-refractivity contribution in [3.63, 3.8) is 0 Å². The standard InChI is InChI=1S/C19H14F3N5O2S2/c1-29-12-5-3-11(4-6-12)23-17-26-27-18(31-17)30-9-15-24-14-8-10(19(20,21)22)2-7-13(14)16(28)25-15/h2-8H,9H2,1H3,(H,23,26)(H,24,25,28). The molecule has 0 radical (unpaired) electrons. The predicted molar refractivity (Wildman–Crippen MR) is 113 cm³/mol. The van der Waals surface area contributed by atoms with Crippen LogP contribution in [-0.4, -0.2) is 27.3 Å². The monoisotopic (exact) mass is 465 g/mol. The molecule has 0 fully saturated rings. The highest BCUT2D eigenvalue weighted by atomic mass is 32.2. The molecule has 4 rings (SSSR count). The van der Waals surface area contributed by atoms with Gasteiger partial charge in [-0.2, -0.15) is 13.2 Å². The number of halogens is 3. The molecule has 2 N–H and O–H groups in total. The van der Waals surface area contributed by atoms with Crippen LogP contribution in [0.3, 0.4) is 0 Å². The second kappa shape index (κ2) is 8.55. The maximum absolute atomic E-state index is 12.9. The number of nitrogens with one attached hydrogen (secondary N) is 2. The van der Waals surface area contributed by atoms with Crippen LogP contribution in [0.25, 0.3) is 10.9 Å². The van der Waals surface area contributed by atoms with Crippen molar-refractivity contribution in [3.8, 4) is 5.75 Å². The lowest BCUT2D eigenvalue weighted by atomic mass is 10.1. The number of nitrogens with zero attached hydrogens (tertiary/aromatic N) is 3. The number of ether oxygens (including phenoxy) is 1. The van der Waals surface area contributed by atoms with E-state index in [0.717, 1.165) is 29.6 Å². The summed E-state index contributed by atoms with van der Waals surface area (Å²) in [5.41, 5.74) is -0.536. The third-order valence-corrected chi connectivity index (χ3v) is 6.15. The number of aromatic amines is 1. The fourth-order valence-corrected chi connectivity index (χ4v) is 4.32. The average molecular weight is 465 g/mol. The minimum absolute atomic E-state index is 0.00620. The van der Waals surface area contributed by atoms with Crippen LogP contribution >= 0.6 is 23.1 Å². The molecule has 0 saturated heterocycles. The van der Waals surface area contributed by atoms with E-state index < -0.39 is 17.3 Å². The highest BCUT2D eigenvalue weighted by molar-refractivity contribution is 8.00. The molecule has 0 amide bonds. The molecule has 31 heavy (non-hydrogen) atoms. The van der Waals surface area contributed by atoms with Crippen molar-refractivity contribution in [2.24, 2.45) is 0 Å². The molecule has 12 heteroatoms. The van der Waals surface area contributed by atoms with Gasteiger partial charge in [-0.05, 0) is 42.5 Å². The van der Waals surface area contributed by atoms with Gasteiger partial charge in [0, 0.05) is 5.69 Å². The molecular formula is C19H14F3N5O2S2. The summed E-state index contributed by atoms with van der Waals surface area (Å²) in [6.07, 6.45) is -4.51. The van der Waals surface area contributed by atoms with Crippen LogP contribution in [0, 0.1) is 0 Å². The first kappa shape index (κ1) is 21.1. The van der Waals surface area contributed by atoms with Crippen molar-refractivity contribution in [3.05, 3.63) is 64.2 Å². The Labute approximate surface area is 181 Å². The summed E-state index contributed by atoms with van der Waals surface area (Å²) in [6.45, 7) is 0. The summed E-state index contributed by atoms with van der Waals surface area (Å²) in [5.74, 6) is 1.21. The third-order valence-electron chi connectivity index (χ3n) is 4.16. The van der Waals surface area contributed by atoms with Crippen LogP contribution in [0.5, 0.6) is 5.75 Å². The van der Waals surface area contributed by atoms with Gasteiger partial charge in [-0.25, -0.2) is 4.98 Å². The van der Waals surface area contributed by atoms with Crippen molar-refractivity contribution in [2.45, 2.75) is 16.3 Å². The molecule has 2 heterocycles. The summed E-state index contributed by atoms with van der Waals surface area (Å²) in [7, 11) is 1.59. The lowest BCUT2D eigenvalue weighted by molar-refractivity contribution is -0.137. The molecule has 0 atom stereocenters. The van der Waals surface area contributed by atoms with Gasteiger partial charge in [0.15, 0.2) is 4.34 Å². The number of alkyl halides is 3. The van der Waals surface area contributed by atoms with E-state index in [1.807, 2.05) is 24.3 Å². The number of hydrogen-bond acceptors (Lipinski definition) is 8. The molecule has 4 aromatic rings. The molecule has 0 aliphatic heterocycles. The molecule has 0 aliphatic carbocycles. The summed E-state index contributed by atoms with van der Waals surface area (Å²) in [6, 6.07) is 10.2. The number of aromatic nitrogens is 4. The smallest absolute Gasteiger partial charge is 0.416 e. The van der Waals surface area contributed by atoms with Crippen LogP contribution < -0.4 is 15.6 Å². The predicted octanol–water partition coefficient (Wildman–Crippen LogP) is 4.84. The maximum atomic E-state index is 12.9. The van der Waals surface area contributed by atoms with Gasteiger partial charge in [0.2, 0.25) is 5.13 Å². The molecule has 7 nitrogen and oxygen atoms in total. The van der Waals surface area contributed by atoms with Crippen molar-refractivity contribution < 1.29 is 17.9 Å². The number of rotatable bonds is 6. The molecular weight excluding hydrogens is 451 g/mol. The Balaban J connectivity index is 1.47. The van der Waals surface area contributed by atoms with Crippen LogP contribution in [0.1, 0.15) is 11.4 Å². The van der Waals surface area contributed by atoms with Gasteiger partial charge in [0.05, 0.1) is 29.3 Å². The average Bonchev–Trinajstić information content (AvgIpc) is 3.19. The summed E-state index contributed by atoms with van der Waals surface area (Å²) in [5, 5.41) is 11.9. The Morgan fingerprint density at radius 1 is 1.16 bits per heavy atom. The Kier molecular flexibility index (Phi) is 5.83. The van der Waals surface area contributed by atoms with E-state index in [2.05, 4.69) is 25.5 Å². The van der Waals surface area contributed by atoms with Crippen LogP contribution in [-0.2, 0) is 11.9 Å². The highest BCUT2D eigenvalue weighted by Gasteiger charge is 2.30. The molecule has 0 aliphatic rings. The largest absolute Gasteiger partial charge is 0.497 e. The van der Waals surface area contributed by atoms with Gasteiger partial charge in [0.25, 0.3) is 5.56 Å². The van der Waals surface area contributed by atoms with E-state index in [9.17, 15) is 18.0 Å². The van der Waals surface area contributed by atoms with Crippen LogP contribution in [0.15, 0.2) is 51.6 Å². The van der Waals surface area contributed by atoms with Gasteiger partial charge in [-0.3, -0.25) is 4.79 Å². The van der Waals surface area contributed by atoms with Crippen molar-refractivity contribution >= 4 is 44.8 Å². The van der Waals surface area contributed by atoms with E-state index in [-0.39, 0.29) is 22.5 Å². The number of fused-ring (bicyclic) bond motifs is 1. The van der Waals surface area contributed by atoms with E-state index >= 15 is 0 Å². The summed E-state index contributed by atoms with van der Waals surface area (Å²) >= 11 is 2.57. The first-order valence-corrected chi connectivity index (χ1v) is 10.6. The van der Waals surface area contributed by atoms with Crippen molar-refractivity contribution in [1.82, 2.24) is 20.2 Å². The Bertz CT molecular complexity index is 1270. The molecule has 0 bridgehead atoms. The lowest BCUT2D eigenvalue weighted by Crippen LogP contribution is -2.13. The Morgan fingerprint density at radius 2 is 1.94 bits per heavy atom. The number of anilines is 2. The van der Waals surface area contributed by atoms with Crippen LogP contribution in [0.4, 0.5) is 24.0 Å². The fraction of sp³-hybridized carbons (Fsp3) is 0.158. The van der Waals surface area contributed by atoms with E-state index in [0.29, 0.717) is 9.47 Å². The molecule has 2 aromatic heterocycles. The minimum Gasteiger partial charge on any atom is -0.497 e. The zero-order valence-electron chi connectivity index (χ0n) is 15.9. The van der Waals surface area contributed by atoms with Gasteiger partial charge >= 0.3 is 6.18 Å². The number of thioether (sulfide) groups is 1. The number of hydrogen-bond donors (Lipinski definition) is 2. The summed E-state index contributed by atoms with van der Waals surface area (Å²) < 4.78 is 44.5. The number of H-pyrrole nitrogens is 1. The third kappa shape index (κ3) is 4.97. The number of benzene rings is 2. The second-order valence-electron chi connectivity index (χ2n) is 6.26. The normalized spacial score (nSPS) is 11.6. The summed E-state index contributed by atoms with van der Waals surface area (Å²) in [4.78, 5) is 19.0. The highest BCUT2D eigenvalue weighted by Crippen LogP contribution is 2.32.